The number of amides is 4. The van der Waals surface area contributed by atoms with Crippen LogP contribution in [-0.4, -0.2) is 46.8 Å². The third-order valence-electron chi connectivity index (χ3n) is 6.54. The second-order valence-corrected chi connectivity index (χ2v) is 9.12. The summed E-state index contributed by atoms with van der Waals surface area (Å²) in [6, 6.07) is 7.10. The standard InChI is InChI=1S/C21H26BrN3O3/c1-21(15-9-3-4-10-16(15)22)19(27)25(20(28)23-21)13-18(26)24-12-6-8-14-7-2-5-11-17(14)24/h3-4,9-10,14,17H,2,5-8,11-13H2,1H3,(H,23,28). The molecule has 28 heavy (non-hydrogen) atoms. The molecule has 1 aliphatic carbocycles. The summed E-state index contributed by atoms with van der Waals surface area (Å²) >= 11 is 3.46. The normalized spacial score (nSPS) is 30.2. The van der Waals surface area contributed by atoms with Crippen LogP contribution in [0.4, 0.5) is 4.79 Å². The van der Waals surface area contributed by atoms with Gasteiger partial charge in [0.25, 0.3) is 5.91 Å². The van der Waals surface area contributed by atoms with Crippen molar-refractivity contribution >= 4 is 33.8 Å². The summed E-state index contributed by atoms with van der Waals surface area (Å²) in [4.78, 5) is 41.8. The van der Waals surface area contributed by atoms with Gasteiger partial charge in [-0.2, -0.15) is 0 Å². The van der Waals surface area contributed by atoms with E-state index in [0.29, 0.717) is 11.5 Å². The zero-order chi connectivity index (χ0) is 19.9. The number of imide groups is 1. The first-order chi connectivity index (χ1) is 13.4. The Kier molecular flexibility index (Phi) is 5.21. The molecule has 1 aromatic carbocycles. The molecule has 4 amide bonds. The van der Waals surface area contributed by atoms with Crippen LogP contribution in [0.15, 0.2) is 28.7 Å². The van der Waals surface area contributed by atoms with E-state index in [4.69, 9.17) is 0 Å². The molecule has 0 radical (unpaired) electrons. The van der Waals surface area contributed by atoms with Gasteiger partial charge in [-0.05, 0) is 44.6 Å². The van der Waals surface area contributed by atoms with E-state index in [-0.39, 0.29) is 24.4 Å². The van der Waals surface area contributed by atoms with Crippen molar-refractivity contribution in [3.05, 3.63) is 34.3 Å². The number of benzene rings is 1. The minimum Gasteiger partial charge on any atom is -0.338 e. The zero-order valence-corrected chi connectivity index (χ0v) is 17.7. The van der Waals surface area contributed by atoms with Crippen molar-refractivity contribution in [2.75, 3.05) is 13.1 Å². The molecule has 3 fully saturated rings. The lowest BCUT2D eigenvalue weighted by atomic mass is 9.78. The highest BCUT2D eigenvalue weighted by Gasteiger charge is 2.51. The molecule has 0 spiro atoms. The fourth-order valence-electron chi connectivity index (χ4n) is 5.05. The largest absolute Gasteiger partial charge is 0.338 e. The van der Waals surface area contributed by atoms with E-state index in [9.17, 15) is 14.4 Å². The van der Waals surface area contributed by atoms with E-state index >= 15 is 0 Å². The number of likely N-dealkylation sites (tertiary alicyclic amines) is 1. The van der Waals surface area contributed by atoms with Crippen molar-refractivity contribution in [3.63, 3.8) is 0 Å². The van der Waals surface area contributed by atoms with Gasteiger partial charge >= 0.3 is 6.03 Å². The van der Waals surface area contributed by atoms with Crippen molar-refractivity contribution in [3.8, 4) is 0 Å². The fourth-order valence-corrected chi connectivity index (χ4v) is 5.73. The van der Waals surface area contributed by atoms with Crippen LogP contribution in [0.1, 0.15) is 51.0 Å². The van der Waals surface area contributed by atoms with Crippen molar-refractivity contribution in [1.29, 1.82) is 0 Å². The molecule has 1 saturated carbocycles. The monoisotopic (exact) mass is 447 g/mol. The van der Waals surface area contributed by atoms with Crippen LogP contribution in [0.25, 0.3) is 0 Å². The Bertz CT molecular complexity index is 812. The molecular weight excluding hydrogens is 422 g/mol. The highest BCUT2D eigenvalue weighted by atomic mass is 79.9. The number of fused-ring (bicyclic) bond motifs is 1. The lowest BCUT2D eigenvalue weighted by Gasteiger charge is -2.44. The third-order valence-corrected chi connectivity index (χ3v) is 7.24. The van der Waals surface area contributed by atoms with Crippen molar-refractivity contribution in [2.45, 2.75) is 57.0 Å². The number of carbonyl (C=O) groups is 3. The van der Waals surface area contributed by atoms with Crippen molar-refractivity contribution < 1.29 is 14.4 Å². The van der Waals surface area contributed by atoms with Crippen LogP contribution in [0.2, 0.25) is 0 Å². The maximum absolute atomic E-state index is 13.1. The summed E-state index contributed by atoms with van der Waals surface area (Å²) in [5.41, 5.74) is -0.485. The predicted molar refractivity (Wildman–Crippen MR) is 108 cm³/mol. The smallest absolute Gasteiger partial charge is 0.325 e. The highest BCUT2D eigenvalue weighted by molar-refractivity contribution is 9.10. The van der Waals surface area contributed by atoms with Crippen LogP contribution in [-0.2, 0) is 15.1 Å². The minimum absolute atomic E-state index is 0.114. The van der Waals surface area contributed by atoms with Gasteiger partial charge in [0.05, 0.1) is 0 Å². The highest BCUT2D eigenvalue weighted by Crippen LogP contribution is 2.36. The molecule has 2 heterocycles. The molecular formula is C21H26BrN3O3. The number of rotatable bonds is 3. The zero-order valence-electron chi connectivity index (χ0n) is 16.1. The second kappa shape index (κ2) is 7.50. The maximum Gasteiger partial charge on any atom is 0.325 e. The minimum atomic E-state index is -1.17. The van der Waals surface area contributed by atoms with Gasteiger partial charge in [0, 0.05) is 22.6 Å². The van der Waals surface area contributed by atoms with Crippen LogP contribution >= 0.6 is 15.9 Å². The average Bonchev–Trinajstić information content (AvgIpc) is 2.91. The summed E-state index contributed by atoms with van der Waals surface area (Å²) in [6.07, 6.45) is 6.77. The van der Waals surface area contributed by atoms with Gasteiger partial charge in [-0.25, -0.2) is 4.79 Å². The molecule has 150 valence electrons. The van der Waals surface area contributed by atoms with Gasteiger partial charge in [0.2, 0.25) is 5.91 Å². The number of halogens is 1. The summed E-state index contributed by atoms with van der Waals surface area (Å²) in [5.74, 6) is 0.0755. The number of nitrogens with one attached hydrogen (secondary N) is 1. The molecule has 3 unspecified atom stereocenters. The molecule has 4 rings (SSSR count). The van der Waals surface area contributed by atoms with Crippen molar-refractivity contribution in [2.24, 2.45) is 5.92 Å². The molecule has 1 N–H and O–H groups in total. The first kappa shape index (κ1) is 19.4. The molecule has 2 aliphatic heterocycles. The van der Waals surface area contributed by atoms with E-state index in [1.807, 2.05) is 29.2 Å². The molecule has 3 atom stereocenters. The number of hydrogen-bond acceptors (Lipinski definition) is 3. The van der Waals surface area contributed by atoms with E-state index in [2.05, 4.69) is 21.2 Å². The summed E-state index contributed by atoms with van der Waals surface area (Å²) < 4.78 is 0.750. The van der Waals surface area contributed by atoms with E-state index < -0.39 is 11.6 Å². The number of carbonyl (C=O) groups excluding carboxylic acids is 3. The first-order valence-electron chi connectivity index (χ1n) is 10.1. The number of nitrogens with zero attached hydrogens (tertiary/aromatic N) is 2. The molecule has 3 aliphatic rings. The molecule has 0 aromatic heterocycles. The van der Waals surface area contributed by atoms with Gasteiger partial charge in [-0.3, -0.25) is 14.5 Å². The lowest BCUT2D eigenvalue weighted by Crippen LogP contribution is -2.53. The van der Waals surface area contributed by atoms with Gasteiger partial charge in [-0.15, -0.1) is 0 Å². The molecule has 2 saturated heterocycles. The number of hydrogen-bond donors (Lipinski definition) is 1. The Balaban J connectivity index is 1.52. The van der Waals surface area contributed by atoms with Crippen LogP contribution in [0, 0.1) is 5.92 Å². The Hall–Kier alpha value is -1.89. The number of urea groups is 1. The molecule has 7 heteroatoms. The summed E-state index contributed by atoms with van der Waals surface area (Å²) in [7, 11) is 0. The average molecular weight is 448 g/mol. The quantitative estimate of drug-likeness (QED) is 0.721. The number of piperidine rings is 1. The van der Waals surface area contributed by atoms with Crippen LogP contribution in [0.3, 0.4) is 0 Å². The summed E-state index contributed by atoms with van der Waals surface area (Å²) in [6.45, 7) is 2.23. The first-order valence-corrected chi connectivity index (χ1v) is 10.9. The summed E-state index contributed by atoms with van der Waals surface area (Å²) in [5, 5.41) is 2.79. The van der Waals surface area contributed by atoms with Gasteiger partial charge < -0.3 is 10.2 Å². The molecule has 0 bridgehead atoms. The van der Waals surface area contributed by atoms with E-state index in [1.54, 1.807) is 6.92 Å². The predicted octanol–water partition coefficient (Wildman–Crippen LogP) is 3.40. The van der Waals surface area contributed by atoms with E-state index in [1.165, 1.54) is 19.3 Å². The molecule has 6 nitrogen and oxygen atoms in total. The fraction of sp³-hybridized carbons (Fsp3) is 0.571. The molecule has 1 aromatic rings. The third kappa shape index (κ3) is 3.23. The lowest BCUT2D eigenvalue weighted by molar-refractivity contribution is -0.142. The van der Waals surface area contributed by atoms with Crippen molar-refractivity contribution in [1.82, 2.24) is 15.1 Å². The van der Waals surface area contributed by atoms with E-state index in [0.717, 1.165) is 35.2 Å². The Morgan fingerprint density at radius 3 is 2.68 bits per heavy atom. The SMILES string of the molecule is CC1(c2ccccc2Br)NC(=O)N(CC(=O)N2CCCC3CCCCC32)C1=O. The van der Waals surface area contributed by atoms with Crippen LogP contribution < -0.4 is 5.32 Å². The van der Waals surface area contributed by atoms with Gasteiger partial charge in [0.15, 0.2) is 0 Å². The van der Waals surface area contributed by atoms with Crippen LogP contribution in [0.5, 0.6) is 0 Å². The maximum atomic E-state index is 13.1. The van der Waals surface area contributed by atoms with Gasteiger partial charge in [0.1, 0.15) is 12.1 Å². The van der Waals surface area contributed by atoms with Gasteiger partial charge in [-0.1, -0.05) is 47.0 Å². The second-order valence-electron chi connectivity index (χ2n) is 8.27. The Morgan fingerprint density at radius 2 is 1.89 bits per heavy atom. The Labute approximate surface area is 173 Å². The topological polar surface area (TPSA) is 69.7 Å². The Morgan fingerprint density at radius 1 is 1.18 bits per heavy atom.